The molecule has 0 saturated heterocycles. The van der Waals surface area contributed by atoms with E-state index in [0.29, 0.717) is 11.5 Å². The van der Waals surface area contributed by atoms with E-state index in [1.165, 1.54) is 25.7 Å². The molecule has 64 valence electrons. The van der Waals surface area contributed by atoms with Gasteiger partial charge in [0.15, 0.2) is 0 Å². The van der Waals surface area contributed by atoms with Gasteiger partial charge in [0.05, 0.1) is 0 Å². The number of hydrogen-bond acceptors (Lipinski definition) is 1. The van der Waals surface area contributed by atoms with Crippen LogP contribution in [0.2, 0.25) is 0 Å². The fourth-order valence-corrected chi connectivity index (χ4v) is 2.63. The normalized spacial score (nSPS) is 47.7. The third-order valence-corrected chi connectivity index (χ3v) is 3.50. The molecule has 11 heavy (non-hydrogen) atoms. The summed E-state index contributed by atoms with van der Waals surface area (Å²) in [5.41, 5.74) is 6.45. The zero-order valence-corrected chi connectivity index (χ0v) is 7.64. The van der Waals surface area contributed by atoms with Crippen molar-refractivity contribution >= 4 is 0 Å². The molecule has 2 N–H and O–H groups in total. The van der Waals surface area contributed by atoms with E-state index in [-0.39, 0.29) is 0 Å². The monoisotopic (exact) mass is 153 g/mol. The van der Waals surface area contributed by atoms with Crippen molar-refractivity contribution in [1.82, 2.24) is 0 Å². The number of nitrogens with two attached hydrogens (primary N) is 1. The highest BCUT2D eigenvalue weighted by Crippen LogP contribution is 2.50. The molecule has 0 aromatic heterocycles. The van der Waals surface area contributed by atoms with E-state index >= 15 is 0 Å². The van der Waals surface area contributed by atoms with Gasteiger partial charge < -0.3 is 5.73 Å². The molecule has 2 aliphatic carbocycles. The molecule has 0 aromatic rings. The van der Waals surface area contributed by atoms with Crippen molar-refractivity contribution < 1.29 is 0 Å². The van der Waals surface area contributed by atoms with Crippen molar-refractivity contribution in [2.24, 2.45) is 23.0 Å². The quantitative estimate of drug-likeness (QED) is 0.614. The van der Waals surface area contributed by atoms with E-state index in [0.717, 1.165) is 11.8 Å². The number of rotatable bonds is 1. The maximum atomic E-state index is 5.83. The summed E-state index contributed by atoms with van der Waals surface area (Å²) in [5.74, 6) is 1.87. The molecule has 0 aliphatic heterocycles. The van der Waals surface area contributed by atoms with Gasteiger partial charge in [-0.1, -0.05) is 13.8 Å². The first-order chi connectivity index (χ1) is 5.08. The Morgan fingerprint density at radius 3 is 2.36 bits per heavy atom. The second kappa shape index (κ2) is 2.22. The first kappa shape index (κ1) is 7.60. The lowest BCUT2D eigenvalue weighted by atomic mass is 9.89. The minimum absolute atomic E-state index is 0.564. The molecule has 1 nitrogen and oxygen atoms in total. The van der Waals surface area contributed by atoms with Crippen LogP contribution in [-0.2, 0) is 0 Å². The average Bonchev–Trinajstić information content (AvgIpc) is 2.49. The van der Waals surface area contributed by atoms with E-state index in [4.69, 9.17) is 5.73 Å². The Balaban J connectivity index is 1.90. The summed E-state index contributed by atoms with van der Waals surface area (Å²) in [5, 5.41) is 0. The molecule has 2 fully saturated rings. The van der Waals surface area contributed by atoms with Crippen LogP contribution in [0.15, 0.2) is 0 Å². The largest absolute Gasteiger partial charge is 0.327 e. The zero-order chi connectivity index (χ0) is 8.06. The molecule has 2 aliphatic rings. The summed E-state index contributed by atoms with van der Waals surface area (Å²) < 4.78 is 0. The summed E-state index contributed by atoms with van der Waals surface area (Å²) in [7, 11) is 0. The van der Waals surface area contributed by atoms with Gasteiger partial charge in [0.2, 0.25) is 0 Å². The lowest BCUT2D eigenvalue weighted by Gasteiger charge is -2.16. The molecule has 2 rings (SSSR count). The topological polar surface area (TPSA) is 26.0 Å². The Kier molecular flexibility index (Phi) is 1.54. The van der Waals surface area contributed by atoms with Crippen LogP contribution in [-0.4, -0.2) is 6.04 Å². The first-order valence-electron chi connectivity index (χ1n) is 4.84. The lowest BCUT2D eigenvalue weighted by molar-refractivity contribution is 0.346. The van der Waals surface area contributed by atoms with E-state index in [1.807, 2.05) is 0 Å². The fraction of sp³-hybridized carbons (Fsp3) is 1.00. The summed E-state index contributed by atoms with van der Waals surface area (Å²) >= 11 is 0. The minimum atomic E-state index is 0.564. The Bertz CT molecular complexity index is 162. The summed E-state index contributed by atoms with van der Waals surface area (Å²) in [6.07, 6.45) is 5.58. The summed E-state index contributed by atoms with van der Waals surface area (Å²) in [6, 6.07) is 0.564. The zero-order valence-electron chi connectivity index (χ0n) is 7.64. The van der Waals surface area contributed by atoms with Crippen LogP contribution in [0.25, 0.3) is 0 Å². The van der Waals surface area contributed by atoms with Gasteiger partial charge in [-0.15, -0.1) is 0 Å². The lowest BCUT2D eigenvalue weighted by Crippen LogP contribution is -2.10. The Labute approximate surface area is 69.4 Å². The van der Waals surface area contributed by atoms with Crippen LogP contribution >= 0.6 is 0 Å². The highest BCUT2D eigenvalue weighted by Gasteiger charge is 2.45. The molecule has 2 saturated carbocycles. The van der Waals surface area contributed by atoms with Gasteiger partial charge >= 0.3 is 0 Å². The van der Waals surface area contributed by atoms with Crippen molar-refractivity contribution in [1.29, 1.82) is 0 Å². The third-order valence-electron chi connectivity index (χ3n) is 3.50. The van der Waals surface area contributed by atoms with Crippen LogP contribution in [0.3, 0.4) is 0 Å². The van der Waals surface area contributed by atoms with E-state index in [2.05, 4.69) is 13.8 Å². The summed E-state index contributed by atoms with van der Waals surface area (Å²) in [6.45, 7) is 4.78. The maximum absolute atomic E-state index is 5.83. The molecule has 1 heteroatoms. The van der Waals surface area contributed by atoms with Crippen LogP contribution in [0.1, 0.15) is 39.5 Å². The predicted molar refractivity (Wildman–Crippen MR) is 47.2 cm³/mol. The Morgan fingerprint density at radius 1 is 1.36 bits per heavy atom. The number of hydrogen-bond donors (Lipinski definition) is 1. The van der Waals surface area contributed by atoms with Gasteiger partial charge in [-0.3, -0.25) is 0 Å². The molecule has 0 radical (unpaired) electrons. The molecule has 3 unspecified atom stereocenters. The van der Waals surface area contributed by atoms with E-state index in [9.17, 15) is 0 Å². The highest BCUT2D eigenvalue weighted by molar-refractivity contribution is 4.98. The van der Waals surface area contributed by atoms with Gasteiger partial charge in [0.25, 0.3) is 0 Å². The Hall–Kier alpha value is -0.0400. The van der Waals surface area contributed by atoms with E-state index in [1.54, 1.807) is 0 Å². The molecule has 0 bridgehead atoms. The second-order valence-electron chi connectivity index (χ2n) is 5.23. The Morgan fingerprint density at radius 2 is 2.00 bits per heavy atom. The van der Waals surface area contributed by atoms with Gasteiger partial charge in [-0.05, 0) is 42.9 Å². The van der Waals surface area contributed by atoms with Crippen molar-refractivity contribution in [2.45, 2.75) is 45.6 Å². The van der Waals surface area contributed by atoms with Crippen molar-refractivity contribution in [3.8, 4) is 0 Å². The van der Waals surface area contributed by atoms with E-state index < -0.39 is 0 Å². The van der Waals surface area contributed by atoms with Crippen molar-refractivity contribution in [2.75, 3.05) is 0 Å². The minimum Gasteiger partial charge on any atom is -0.327 e. The molecule has 0 aromatic carbocycles. The van der Waals surface area contributed by atoms with Gasteiger partial charge in [-0.25, -0.2) is 0 Å². The molecular weight excluding hydrogens is 134 g/mol. The van der Waals surface area contributed by atoms with Gasteiger partial charge in [-0.2, -0.15) is 0 Å². The van der Waals surface area contributed by atoms with Crippen LogP contribution < -0.4 is 5.73 Å². The second-order valence-corrected chi connectivity index (χ2v) is 5.23. The van der Waals surface area contributed by atoms with Gasteiger partial charge in [0, 0.05) is 6.04 Å². The SMILES string of the molecule is CC1(C)CCC(C2CC2N)C1. The molecule has 0 spiro atoms. The van der Waals surface area contributed by atoms with Crippen LogP contribution in [0.5, 0.6) is 0 Å². The highest BCUT2D eigenvalue weighted by atomic mass is 14.8. The third kappa shape index (κ3) is 1.44. The maximum Gasteiger partial charge on any atom is 0.00737 e. The van der Waals surface area contributed by atoms with Crippen molar-refractivity contribution in [3.63, 3.8) is 0 Å². The average molecular weight is 153 g/mol. The molecule has 0 heterocycles. The van der Waals surface area contributed by atoms with Crippen LogP contribution in [0, 0.1) is 17.3 Å². The fourth-order valence-electron chi connectivity index (χ4n) is 2.63. The molecule has 3 atom stereocenters. The standard InChI is InChI=1S/C10H19N/c1-10(2)4-3-7(6-10)8-5-9(8)11/h7-9H,3-6,11H2,1-2H3. The molecule has 0 amide bonds. The van der Waals surface area contributed by atoms with Crippen LogP contribution in [0.4, 0.5) is 0 Å². The van der Waals surface area contributed by atoms with Gasteiger partial charge in [0.1, 0.15) is 0 Å². The molecular formula is C10H19N. The smallest absolute Gasteiger partial charge is 0.00737 e. The van der Waals surface area contributed by atoms with Crippen molar-refractivity contribution in [3.05, 3.63) is 0 Å². The first-order valence-corrected chi connectivity index (χ1v) is 4.84. The summed E-state index contributed by atoms with van der Waals surface area (Å²) in [4.78, 5) is 0. The predicted octanol–water partition coefficient (Wildman–Crippen LogP) is 2.16.